The molecule has 0 amide bonds. The molecule has 1 aromatic rings. The highest BCUT2D eigenvalue weighted by Crippen LogP contribution is 2.18. The summed E-state index contributed by atoms with van der Waals surface area (Å²) in [6.45, 7) is 5.74. The van der Waals surface area contributed by atoms with Crippen LogP contribution in [0.15, 0.2) is 24.3 Å². The summed E-state index contributed by atoms with van der Waals surface area (Å²) in [4.78, 5) is 11.0. The molecule has 0 aliphatic carbocycles. The number of rotatable bonds is 5. The Hall–Kier alpha value is -1.86. The van der Waals surface area contributed by atoms with Gasteiger partial charge in [0.05, 0.1) is 17.0 Å². The Kier molecular flexibility index (Phi) is 4.46. The monoisotopic (exact) mass is 246 g/mol. The fourth-order valence-corrected chi connectivity index (χ4v) is 1.45. The molecular formula is C14H18N2O2. The second-order valence-corrected chi connectivity index (χ2v) is 5.03. The van der Waals surface area contributed by atoms with Crippen molar-refractivity contribution in [3.63, 3.8) is 0 Å². The highest BCUT2D eigenvalue weighted by Gasteiger charge is 2.27. The molecule has 96 valence electrons. The third-order valence-electron chi connectivity index (χ3n) is 2.97. The lowest BCUT2D eigenvalue weighted by Crippen LogP contribution is -2.37. The van der Waals surface area contributed by atoms with E-state index in [1.54, 1.807) is 26.0 Å². The maximum atomic E-state index is 11.0. The van der Waals surface area contributed by atoms with E-state index in [1.807, 2.05) is 19.1 Å². The smallest absolute Gasteiger partial charge is 0.310 e. The van der Waals surface area contributed by atoms with Gasteiger partial charge in [-0.25, -0.2) is 0 Å². The first-order chi connectivity index (χ1) is 8.36. The molecule has 0 saturated carbocycles. The van der Waals surface area contributed by atoms with E-state index >= 15 is 0 Å². The number of nitriles is 1. The number of carbonyl (C=O) groups is 1. The van der Waals surface area contributed by atoms with E-state index < -0.39 is 11.4 Å². The summed E-state index contributed by atoms with van der Waals surface area (Å²) < 4.78 is 0. The van der Waals surface area contributed by atoms with E-state index in [2.05, 4.69) is 11.4 Å². The molecule has 0 bridgehead atoms. The third kappa shape index (κ3) is 3.57. The molecule has 0 spiro atoms. The molecule has 1 aromatic carbocycles. The lowest BCUT2D eigenvalue weighted by Gasteiger charge is -2.23. The van der Waals surface area contributed by atoms with Crippen LogP contribution in [0.3, 0.4) is 0 Å². The lowest BCUT2D eigenvalue weighted by molar-refractivity contribution is -0.146. The molecule has 4 heteroatoms. The molecule has 0 radical (unpaired) electrons. The van der Waals surface area contributed by atoms with Gasteiger partial charge >= 0.3 is 5.97 Å². The molecule has 1 atom stereocenters. The molecule has 0 aliphatic heterocycles. The number of benzene rings is 1. The average Bonchev–Trinajstić information content (AvgIpc) is 2.36. The lowest BCUT2D eigenvalue weighted by atomic mass is 9.93. The van der Waals surface area contributed by atoms with Crippen molar-refractivity contribution >= 4 is 5.97 Å². The van der Waals surface area contributed by atoms with Crippen molar-refractivity contribution in [2.24, 2.45) is 5.41 Å². The molecule has 0 heterocycles. The Balaban J connectivity index is 2.63. The average molecular weight is 246 g/mol. The normalized spacial score (nSPS) is 12.8. The molecule has 4 nitrogen and oxygen atoms in total. The Morgan fingerprint density at radius 1 is 1.44 bits per heavy atom. The number of carboxylic acids is 1. The highest BCUT2D eigenvalue weighted by molar-refractivity contribution is 5.73. The zero-order valence-electron chi connectivity index (χ0n) is 10.9. The van der Waals surface area contributed by atoms with Gasteiger partial charge in [0.1, 0.15) is 0 Å². The number of aliphatic carboxylic acids is 1. The molecule has 0 saturated heterocycles. The quantitative estimate of drug-likeness (QED) is 0.836. The number of hydrogen-bond donors (Lipinski definition) is 2. The van der Waals surface area contributed by atoms with Crippen molar-refractivity contribution in [3.8, 4) is 6.07 Å². The van der Waals surface area contributed by atoms with Crippen molar-refractivity contribution in [2.45, 2.75) is 26.8 Å². The van der Waals surface area contributed by atoms with Crippen LogP contribution in [0.2, 0.25) is 0 Å². The summed E-state index contributed by atoms with van der Waals surface area (Å²) >= 11 is 0. The second-order valence-electron chi connectivity index (χ2n) is 5.03. The maximum Gasteiger partial charge on any atom is 0.310 e. The Bertz CT molecular complexity index is 458. The van der Waals surface area contributed by atoms with Crippen LogP contribution in [0.25, 0.3) is 0 Å². The van der Waals surface area contributed by atoms with Crippen LogP contribution in [0.1, 0.15) is 37.9 Å². The molecule has 2 N–H and O–H groups in total. The van der Waals surface area contributed by atoms with Crippen LogP contribution in [0, 0.1) is 16.7 Å². The summed E-state index contributed by atoms with van der Waals surface area (Å²) in [5.41, 5.74) is 0.868. The van der Waals surface area contributed by atoms with Crippen LogP contribution in [-0.2, 0) is 4.79 Å². The van der Waals surface area contributed by atoms with Crippen molar-refractivity contribution in [1.29, 1.82) is 5.26 Å². The fraction of sp³-hybridized carbons (Fsp3) is 0.429. The minimum atomic E-state index is -0.818. The third-order valence-corrected chi connectivity index (χ3v) is 2.97. The van der Waals surface area contributed by atoms with E-state index in [4.69, 9.17) is 10.4 Å². The van der Waals surface area contributed by atoms with E-state index in [0.717, 1.165) is 5.56 Å². The van der Waals surface area contributed by atoms with Crippen molar-refractivity contribution in [1.82, 2.24) is 5.32 Å². The number of hydrogen-bond acceptors (Lipinski definition) is 3. The minimum absolute atomic E-state index is 0.0522. The maximum absolute atomic E-state index is 11.0. The highest BCUT2D eigenvalue weighted by atomic mass is 16.4. The molecule has 0 aromatic heterocycles. The number of carboxylic acid groups (broad SMARTS) is 1. The SMILES string of the molecule is CC(NCC(C)(C)C(=O)O)c1ccc(C#N)cc1. The number of nitrogens with zero attached hydrogens (tertiary/aromatic N) is 1. The summed E-state index contributed by atoms with van der Waals surface area (Å²) in [5, 5.41) is 20.9. The predicted octanol–water partition coefficient (Wildman–Crippen LogP) is 2.32. The van der Waals surface area contributed by atoms with Gasteiger partial charge < -0.3 is 10.4 Å². The van der Waals surface area contributed by atoms with Crippen LogP contribution >= 0.6 is 0 Å². The van der Waals surface area contributed by atoms with Gasteiger partial charge in [0.15, 0.2) is 0 Å². The summed E-state index contributed by atoms with van der Waals surface area (Å²) in [6.07, 6.45) is 0. The Labute approximate surface area is 107 Å². The van der Waals surface area contributed by atoms with Crippen LogP contribution in [0.5, 0.6) is 0 Å². The Morgan fingerprint density at radius 2 is 2.00 bits per heavy atom. The van der Waals surface area contributed by atoms with Crippen LogP contribution in [0.4, 0.5) is 0 Å². The zero-order valence-corrected chi connectivity index (χ0v) is 10.9. The minimum Gasteiger partial charge on any atom is -0.481 e. The van der Waals surface area contributed by atoms with Crippen LogP contribution < -0.4 is 5.32 Å². The Morgan fingerprint density at radius 3 is 2.44 bits per heavy atom. The molecule has 18 heavy (non-hydrogen) atoms. The van der Waals surface area contributed by atoms with E-state index in [0.29, 0.717) is 12.1 Å². The molecular weight excluding hydrogens is 228 g/mol. The second kappa shape index (κ2) is 5.65. The standard InChI is InChI=1S/C14H18N2O2/c1-10(16-9-14(2,3)13(17)18)12-6-4-11(8-15)5-7-12/h4-7,10,16H,9H2,1-3H3,(H,17,18). The molecule has 1 rings (SSSR count). The van der Waals surface area contributed by atoms with Crippen molar-refractivity contribution in [3.05, 3.63) is 35.4 Å². The molecule has 0 aliphatic rings. The summed E-state index contributed by atoms with van der Waals surface area (Å²) in [6, 6.07) is 9.40. The first kappa shape index (κ1) is 14.2. The first-order valence-electron chi connectivity index (χ1n) is 5.83. The van der Waals surface area contributed by atoms with Crippen molar-refractivity contribution in [2.75, 3.05) is 6.54 Å². The van der Waals surface area contributed by atoms with Gasteiger partial charge in [-0.1, -0.05) is 12.1 Å². The van der Waals surface area contributed by atoms with Crippen molar-refractivity contribution < 1.29 is 9.90 Å². The van der Waals surface area contributed by atoms with Gasteiger partial charge in [-0.2, -0.15) is 5.26 Å². The summed E-state index contributed by atoms with van der Waals surface area (Å²) in [7, 11) is 0. The van der Waals surface area contributed by atoms with E-state index in [9.17, 15) is 4.79 Å². The van der Waals surface area contributed by atoms with Crippen LogP contribution in [-0.4, -0.2) is 17.6 Å². The molecule has 0 fully saturated rings. The first-order valence-corrected chi connectivity index (χ1v) is 5.83. The van der Waals surface area contributed by atoms with Gasteiger partial charge in [-0.05, 0) is 38.5 Å². The van der Waals surface area contributed by atoms with Gasteiger partial charge in [0.2, 0.25) is 0 Å². The largest absolute Gasteiger partial charge is 0.481 e. The van der Waals surface area contributed by atoms with Gasteiger partial charge in [-0.15, -0.1) is 0 Å². The van der Waals surface area contributed by atoms with Gasteiger partial charge in [-0.3, -0.25) is 4.79 Å². The fourth-order valence-electron chi connectivity index (χ4n) is 1.45. The van der Waals surface area contributed by atoms with E-state index in [-0.39, 0.29) is 6.04 Å². The predicted molar refractivity (Wildman–Crippen MR) is 69.0 cm³/mol. The van der Waals surface area contributed by atoms with E-state index in [1.165, 1.54) is 0 Å². The topological polar surface area (TPSA) is 73.1 Å². The zero-order chi connectivity index (χ0) is 13.8. The van der Waals surface area contributed by atoms with Gasteiger partial charge in [0.25, 0.3) is 0 Å². The summed E-state index contributed by atoms with van der Waals surface area (Å²) in [5.74, 6) is -0.818. The molecule has 1 unspecified atom stereocenters. The number of nitrogens with one attached hydrogen (secondary N) is 1. The van der Waals surface area contributed by atoms with Gasteiger partial charge in [0, 0.05) is 12.6 Å².